The first-order valence-electron chi connectivity index (χ1n) is 7.12. The molecular formula is C16H22O. The van der Waals surface area contributed by atoms with Gasteiger partial charge in [-0.25, -0.2) is 0 Å². The number of allylic oxidation sites excluding steroid dienone is 2. The van der Waals surface area contributed by atoms with Gasteiger partial charge in [-0.1, -0.05) is 12.2 Å². The molecule has 0 radical (unpaired) electrons. The van der Waals surface area contributed by atoms with Crippen LogP contribution >= 0.6 is 0 Å². The standard InChI is InChI=1S/C16H22O/c1-11-3-4-12-9-14-13(11)5-6-16(14)10-15(12,16)7-8-17-2/h7-8,12-14H,1,3-6,9-10H2,2H3/b8-7+/t12-,13+,14-,15-,16-/m1/s1. The van der Waals surface area contributed by atoms with Crippen molar-refractivity contribution in [1.29, 1.82) is 0 Å². The lowest BCUT2D eigenvalue weighted by molar-refractivity contribution is 0.305. The number of hydrogen-bond acceptors (Lipinski definition) is 1. The number of ether oxygens (including phenoxy) is 1. The summed E-state index contributed by atoms with van der Waals surface area (Å²) in [6.07, 6.45) is 12.8. The Hall–Kier alpha value is -0.720. The van der Waals surface area contributed by atoms with E-state index in [0.29, 0.717) is 10.8 Å². The van der Waals surface area contributed by atoms with E-state index in [0.717, 1.165) is 17.8 Å². The Morgan fingerprint density at radius 1 is 1.41 bits per heavy atom. The highest BCUT2D eigenvalue weighted by Crippen LogP contribution is 2.86. The summed E-state index contributed by atoms with van der Waals surface area (Å²) in [5.74, 6) is 2.74. The molecule has 1 spiro atoms. The van der Waals surface area contributed by atoms with Gasteiger partial charge in [0.25, 0.3) is 0 Å². The average molecular weight is 230 g/mol. The van der Waals surface area contributed by atoms with Crippen LogP contribution in [0.3, 0.4) is 0 Å². The maximum atomic E-state index is 5.20. The van der Waals surface area contributed by atoms with Crippen molar-refractivity contribution >= 4 is 0 Å². The van der Waals surface area contributed by atoms with Gasteiger partial charge in [0.2, 0.25) is 0 Å². The van der Waals surface area contributed by atoms with E-state index in [1.54, 1.807) is 12.7 Å². The third-order valence-electron chi connectivity index (χ3n) is 6.61. The molecule has 0 N–H and O–H groups in total. The van der Waals surface area contributed by atoms with E-state index in [4.69, 9.17) is 4.74 Å². The molecule has 0 amide bonds. The largest absolute Gasteiger partial charge is 0.505 e. The van der Waals surface area contributed by atoms with E-state index in [9.17, 15) is 0 Å². The predicted molar refractivity (Wildman–Crippen MR) is 68.3 cm³/mol. The van der Waals surface area contributed by atoms with Gasteiger partial charge < -0.3 is 4.74 Å². The van der Waals surface area contributed by atoms with Crippen LogP contribution in [0.4, 0.5) is 0 Å². The fourth-order valence-electron chi connectivity index (χ4n) is 5.88. The summed E-state index contributed by atoms with van der Waals surface area (Å²) in [7, 11) is 1.77. The summed E-state index contributed by atoms with van der Waals surface area (Å²) in [6, 6.07) is 0. The second-order valence-electron chi connectivity index (χ2n) is 6.79. The van der Waals surface area contributed by atoms with Gasteiger partial charge in [0.15, 0.2) is 0 Å². The molecule has 2 bridgehead atoms. The highest BCUT2D eigenvalue weighted by molar-refractivity contribution is 5.36. The van der Waals surface area contributed by atoms with Gasteiger partial charge in [0.1, 0.15) is 0 Å². The van der Waals surface area contributed by atoms with Crippen LogP contribution in [0.1, 0.15) is 38.5 Å². The van der Waals surface area contributed by atoms with Crippen molar-refractivity contribution in [1.82, 2.24) is 0 Å². The van der Waals surface area contributed by atoms with Gasteiger partial charge in [-0.3, -0.25) is 0 Å². The Morgan fingerprint density at radius 2 is 2.29 bits per heavy atom. The lowest BCUT2D eigenvalue weighted by atomic mass is 9.81. The Labute approximate surface area is 104 Å². The maximum Gasteiger partial charge on any atom is 0.0790 e. The number of hydrogen-bond donors (Lipinski definition) is 0. The van der Waals surface area contributed by atoms with Gasteiger partial charge >= 0.3 is 0 Å². The third-order valence-corrected chi connectivity index (χ3v) is 6.61. The smallest absolute Gasteiger partial charge is 0.0790 e. The van der Waals surface area contributed by atoms with Crippen LogP contribution in [0.5, 0.6) is 0 Å². The zero-order valence-electron chi connectivity index (χ0n) is 10.7. The first kappa shape index (κ1) is 10.2. The monoisotopic (exact) mass is 230 g/mol. The van der Waals surface area contributed by atoms with Crippen LogP contribution in [0.15, 0.2) is 24.5 Å². The molecule has 92 valence electrons. The minimum Gasteiger partial charge on any atom is -0.505 e. The predicted octanol–water partition coefficient (Wildman–Crippen LogP) is 3.92. The van der Waals surface area contributed by atoms with Gasteiger partial charge in [0.05, 0.1) is 13.4 Å². The zero-order chi connectivity index (χ0) is 11.7. The van der Waals surface area contributed by atoms with Crippen LogP contribution < -0.4 is 0 Å². The topological polar surface area (TPSA) is 9.23 Å². The highest BCUT2D eigenvalue weighted by atomic mass is 16.5. The summed E-state index contributed by atoms with van der Waals surface area (Å²) in [5, 5.41) is 0. The van der Waals surface area contributed by atoms with Crippen molar-refractivity contribution in [2.75, 3.05) is 7.11 Å². The molecule has 0 saturated heterocycles. The molecule has 1 nitrogen and oxygen atoms in total. The lowest BCUT2D eigenvalue weighted by Crippen LogP contribution is -2.16. The number of methoxy groups -OCH3 is 1. The number of rotatable bonds is 2. The fourth-order valence-corrected chi connectivity index (χ4v) is 5.88. The fraction of sp³-hybridized carbons (Fsp3) is 0.750. The summed E-state index contributed by atoms with van der Waals surface area (Å²) < 4.78 is 5.20. The Morgan fingerprint density at radius 3 is 3.12 bits per heavy atom. The van der Waals surface area contributed by atoms with Crippen molar-refractivity contribution in [3.63, 3.8) is 0 Å². The maximum absolute atomic E-state index is 5.20. The minimum atomic E-state index is 0.531. The van der Waals surface area contributed by atoms with Crippen molar-refractivity contribution in [3.8, 4) is 0 Å². The van der Waals surface area contributed by atoms with Crippen LogP contribution in [-0.2, 0) is 4.74 Å². The molecule has 0 unspecified atom stereocenters. The summed E-state index contributed by atoms with van der Waals surface area (Å²) in [5.41, 5.74) is 2.77. The minimum absolute atomic E-state index is 0.531. The van der Waals surface area contributed by atoms with Crippen LogP contribution in [-0.4, -0.2) is 7.11 Å². The molecular weight excluding hydrogens is 208 g/mol. The van der Waals surface area contributed by atoms with Crippen molar-refractivity contribution in [2.45, 2.75) is 38.5 Å². The molecule has 17 heavy (non-hydrogen) atoms. The molecule has 4 saturated carbocycles. The SMILES string of the molecule is C=C1CC[C@@H]2C[C@@H]3[C@H]1CC[C@@]31C[C@]21/C=C/OC. The first-order chi connectivity index (χ1) is 8.23. The molecule has 0 heterocycles. The van der Waals surface area contributed by atoms with Crippen molar-refractivity contribution < 1.29 is 4.74 Å². The molecule has 0 aromatic rings. The van der Waals surface area contributed by atoms with Gasteiger partial charge in [-0.15, -0.1) is 0 Å². The normalized spacial score (nSPS) is 54.9. The molecule has 4 fully saturated rings. The quantitative estimate of drug-likeness (QED) is 0.516. The average Bonchev–Trinajstić information content (AvgIpc) is 2.75. The van der Waals surface area contributed by atoms with E-state index < -0.39 is 0 Å². The van der Waals surface area contributed by atoms with E-state index >= 15 is 0 Å². The summed E-state index contributed by atoms with van der Waals surface area (Å²) in [6.45, 7) is 4.36. The number of fused-ring (bicyclic) bond motifs is 2. The third kappa shape index (κ3) is 0.986. The van der Waals surface area contributed by atoms with E-state index in [1.807, 2.05) is 6.26 Å². The van der Waals surface area contributed by atoms with Crippen LogP contribution in [0.2, 0.25) is 0 Å². The molecule has 0 aromatic heterocycles. The van der Waals surface area contributed by atoms with Crippen molar-refractivity contribution in [3.05, 3.63) is 24.5 Å². The Bertz CT molecular complexity index is 410. The molecule has 1 heteroatoms. The zero-order valence-corrected chi connectivity index (χ0v) is 10.7. The second-order valence-corrected chi connectivity index (χ2v) is 6.79. The highest BCUT2D eigenvalue weighted by Gasteiger charge is 2.79. The molecule has 0 aliphatic heterocycles. The van der Waals surface area contributed by atoms with E-state index in [-0.39, 0.29) is 0 Å². The van der Waals surface area contributed by atoms with Gasteiger partial charge in [-0.05, 0) is 67.8 Å². The molecule has 0 aromatic carbocycles. The molecule has 5 atom stereocenters. The van der Waals surface area contributed by atoms with E-state index in [2.05, 4.69) is 12.7 Å². The van der Waals surface area contributed by atoms with Crippen LogP contribution in [0.25, 0.3) is 0 Å². The Kier molecular flexibility index (Phi) is 1.80. The summed E-state index contributed by atoms with van der Waals surface area (Å²) >= 11 is 0. The Balaban J connectivity index is 1.76. The molecule has 4 aliphatic carbocycles. The second kappa shape index (κ2) is 2.99. The van der Waals surface area contributed by atoms with E-state index in [1.165, 1.54) is 38.5 Å². The molecule has 4 aliphatic rings. The van der Waals surface area contributed by atoms with Crippen LogP contribution in [0, 0.1) is 28.6 Å². The first-order valence-corrected chi connectivity index (χ1v) is 7.12. The van der Waals surface area contributed by atoms with Gasteiger partial charge in [-0.2, -0.15) is 0 Å². The van der Waals surface area contributed by atoms with Crippen molar-refractivity contribution in [2.24, 2.45) is 28.6 Å². The van der Waals surface area contributed by atoms with Gasteiger partial charge in [0, 0.05) is 5.41 Å². The summed E-state index contributed by atoms with van der Waals surface area (Å²) in [4.78, 5) is 0. The lowest BCUT2D eigenvalue weighted by Gasteiger charge is -2.23. The molecule has 4 rings (SSSR count).